The number of fused-ring (bicyclic) bond motifs is 1. The Labute approximate surface area is 119 Å². The molecule has 0 bridgehead atoms. The number of nitrogens with zero attached hydrogens (tertiary/aromatic N) is 2. The molecule has 0 radical (unpaired) electrons. The van der Waals surface area contributed by atoms with Crippen LogP contribution in [0.4, 0.5) is 5.69 Å². The quantitative estimate of drug-likeness (QED) is 0.839. The monoisotopic (exact) mass is 274 g/mol. The number of nitrogens with one attached hydrogen (secondary N) is 1. The van der Waals surface area contributed by atoms with Gasteiger partial charge in [-0.25, -0.2) is 0 Å². The second-order valence-corrected chi connectivity index (χ2v) is 5.81. The lowest BCUT2D eigenvalue weighted by molar-refractivity contribution is -0.122. The first kappa shape index (κ1) is 13.4. The Morgan fingerprint density at radius 1 is 1.50 bits per heavy atom. The van der Waals surface area contributed by atoms with Crippen molar-refractivity contribution in [2.75, 3.05) is 18.0 Å². The third kappa shape index (κ3) is 2.06. The van der Waals surface area contributed by atoms with Crippen molar-refractivity contribution in [2.45, 2.75) is 39.3 Å². The van der Waals surface area contributed by atoms with Crippen molar-refractivity contribution in [1.82, 2.24) is 10.3 Å². The summed E-state index contributed by atoms with van der Waals surface area (Å²) in [4.78, 5) is 18.8. The van der Waals surface area contributed by atoms with Crippen molar-refractivity contribution in [3.05, 3.63) is 23.0 Å². The van der Waals surface area contributed by atoms with Gasteiger partial charge in [0.05, 0.1) is 12.0 Å². The van der Waals surface area contributed by atoms with Gasteiger partial charge in [-0.3, -0.25) is 9.78 Å². The molecule has 5 heteroatoms. The van der Waals surface area contributed by atoms with Crippen LogP contribution in [0.2, 0.25) is 0 Å². The van der Waals surface area contributed by atoms with Crippen LogP contribution in [0.1, 0.15) is 29.8 Å². The van der Waals surface area contributed by atoms with Crippen LogP contribution >= 0.6 is 0 Å². The fraction of sp³-hybridized carbons (Fsp3) is 0.600. The van der Waals surface area contributed by atoms with Gasteiger partial charge in [-0.15, -0.1) is 0 Å². The lowest BCUT2D eigenvalue weighted by atomic mass is 9.90. The highest BCUT2D eigenvalue weighted by Crippen LogP contribution is 2.34. The molecule has 108 valence electrons. The zero-order chi connectivity index (χ0) is 14.3. The average Bonchev–Trinajstić information content (AvgIpc) is 2.80. The molecule has 3 N–H and O–H groups in total. The van der Waals surface area contributed by atoms with Crippen LogP contribution in [0.3, 0.4) is 0 Å². The van der Waals surface area contributed by atoms with Gasteiger partial charge in [-0.2, -0.15) is 0 Å². The van der Waals surface area contributed by atoms with E-state index in [2.05, 4.69) is 21.3 Å². The fourth-order valence-corrected chi connectivity index (χ4v) is 3.59. The van der Waals surface area contributed by atoms with Gasteiger partial charge in [0.2, 0.25) is 5.91 Å². The summed E-state index contributed by atoms with van der Waals surface area (Å²) in [7, 11) is 0. The summed E-state index contributed by atoms with van der Waals surface area (Å²) < 4.78 is 0. The Balaban J connectivity index is 2.02. The van der Waals surface area contributed by atoms with Crippen LogP contribution in [0.25, 0.3) is 0 Å². The molecule has 0 aliphatic carbocycles. The molecule has 2 aliphatic heterocycles. The summed E-state index contributed by atoms with van der Waals surface area (Å²) in [5, 5.41) is 3.00. The smallest absolute Gasteiger partial charge is 0.225 e. The number of aryl methyl sites for hydroxylation is 2. The minimum atomic E-state index is 0.128. The van der Waals surface area contributed by atoms with Crippen LogP contribution in [0, 0.1) is 19.8 Å². The summed E-state index contributed by atoms with van der Waals surface area (Å²) in [6.45, 7) is 6.25. The van der Waals surface area contributed by atoms with Gasteiger partial charge in [0.25, 0.3) is 0 Å². The van der Waals surface area contributed by atoms with Gasteiger partial charge in [0, 0.05) is 42.3 Å². The van der Waals surface area contributed by atoms with Crippen molar-refractivity contribution in [2.24, 2.45) is 11.7 Å². The second-order valence-electron chi connectivity index (χ2n) is 5.81. The van der Waals surface area contributed by atoms with Gasteiger partial charge < -0.3 is 16.0 Å². The van der Waals surface area contributed by atoms with Gasteiger partial charge in [0.1, 0.15) is 0 Å². The van der Waals surface area contributed by atoms with E-state index in [0.717, 1.165) is 42.9 Å². The number of carbonyl (C=O) groups is 1. The molecule has 2 unspecified atom stereocenters. The Bertz CT molecular complexity index is 543. The second kappa shape index (κ2) is 5.05. The van der Waals surface area contributed by atoms with E-state index in [1.54, 1.807) is 0 Å². The highest BCUT2D eigenvalue weighted by Gasteiger charge is 2.41. The normalized spacial score (nSPS) is 25.6. The molecule has 1 amide bonds. The van der Waals surface area contributed by atoms with E-state index in [9.17, 15) is 4.79 Å². The van der Waals surface area contributed by atoms with E-state index >= 15 is 0 Å². The maximum Gasteiger partial charge on any atom is 0.225 e. The number of aromatic nitrogens is 1. The largest absolute Gasteiger partial charge is 0.366 e. The zero-order valence-corrected chi connectivity index (χ0v) is 12.1. The maximum absolute atomic E-state index is 11.9. The van der Waals surface area contributed by atoms with Crippen LogP contribution in [0.15, 0.2) is 6.07 Å². The first-order chi connectivity index (χ1) is 9.61. The Morgan fingerprint density at radius 2 is 2.30 bits per heavy atom. The number of piperidine rings is 1. The Kier molecular flexibility index (Phi) is 3.38. The molecular formula is C15H22N4O. The van der Waals surface area contributed by atoms with Gasteiger partial charge in [-0.05, 0) is 32.8 Å². The topological polar surface area (TPSA) is 71.2 Å². The van der Waals surface area contributed by atoms with E-state index in [0.29, 0.717) is 6.54 Å². The van der Waals surface area contributed by atoms with Crippen LogP contribution in [0.5, 0.6) is 0 Å². The van der Waals surface area contributed by atoms with Crippen LogP contribution < -0.4 is 16.0 Å². The molecule has 5 nitrogen and oxygen atoms in total. The molecule has 3 rings (SSSR count). The maximum atomic E-state index is 11.9. The highest BCUT2D eigenvalue weighted by atomic mass is 16.2. The van der Waals surface area contributed by atoms with E-state index in [4.69, 9.17) is 5.73 Å². The molecule has 0 saturated carbocycles. The minimum Gasteiger partial charge on any atom is -0.366 e. The molecule has 1 aromatic heterocycles. The summed E-state index contributed by atoms with van der Waals surface area (Å²) >= 11 is 0. The molecule has 20 heavy (non-hydrogen) atoms. The van der Waals surface area contributed by atoms with E-state index in [-0.39, 0.29) is 17.9 Å². The third-order valence-corrected chi connectivity index (χ3v) is 4.55. The number of anilines is 1. The molecule has 2 fully saturated rings. The van der Waals surface area contributed by atoms with E-state index < -0.39 is 0 Å². The molecule has 2 aliphatic rings. The fourth-order valence-electron chi connectivity index (χ4n) is 3.59. The number of nitrogens with two attached hydrogens (primary N) is 1. The standard InChI is InChI=1S/C15H22N4O/c1-9-6-13(12(7-16)10(2)18-9)19-5-3-4-11-14(19)8-17-15(11)20/h6,11,14H,3-5,7-8,16H2,1-2H3,(H,17,20). The van der Waals surface area contributed by atoms with Gasteiger partial charge in [0.15, 0.2) is 0 Å². The van der Waals surface area contributed by atoms with Crippen molar-refractivity contribution in [1.29, 1.82) is 0 Å². The van der Waals surface area contributed by atoms with Crippen molar-refractivity contribution in [3.63, 3.8) is 0 Å². The molecule has 0 spiro atoms. The van der Waals surface area contributed by atoms with Crippen LogP contribution in [-0.2, 0) is 11.3 Å². The third-order valence-electron chi connectivity index (χ3n) is 4.55. The zero-order valence-electron chi connectivity index (χ0n) is 12.1. The number of hydrogen-bond donors (Lipinski definition) is 2. The Morgan fingerprint density at radius 3 is 3.05 bits per heavy atom. The molecular weight excluding hydrogens is 252 g/mol. The van der Waals surface area contributed by atoms with E-state index in [1.807, 2.05) is 13.8 Å². The van der Waals surface area contributed by atoms with Gasteiger partial charge >= 0.3 is 0 Å². The lowest BCUT2D eigenvalue weighted by Gasteiger charge is -2.39. The molecule has 2 atom stereocenters. The minimum absolute atomic E-state index is 0.128. The number of carbonyl (C=O) groups excluding carboxylic acids is 1. The number of pyridine rings is 1. The number of amides is 1. The summed E-state index contributed by atoms with van der Waals surface area (Å²) in [6, 6.07) is 2.38. The van der Waals surface area contributed by atoms with Crippen LogP contribution in [-0.4, -0.2) is 30.0 Å². The van der Waals surface area contributed by atoms with Crippen molar-refractivity contribution >= 4 is 11.6 Å². The lowest BCUT2D eigenvalue weighted by Crippen LogP contribution is -2.46. The first-order valence-electron chi connectivity index (χ1n) is 7.33. The van der Waals surface area contributed by atoms with Crippen molar-refractivity contribution in [3.8, 4) is 0 Å². The predicted molar refractivity (Wildman–Crippen MR) is 78.5 cm³/mol. The average molecular weight is 274 g/mol. The summed E-state index contributed by atoms with van der Waals surface area (Å²) in [6.07, 6.45) is 2.05. The van der Waals surface area contributed by atoms with Gasteiger partial charge in [-0.1, -0.05) is 0 Å². The molecule has 1 aromatic rings. The van der Waals surface area contributed by atoms with E-state index in [1.165, 1.54) is 5.69 Å². The molecule has 3 heterocycles. The summed E-state index contributed by atoms with van der Waals surface area (Å²) in [5.41, 5.74) is 10.2. The first-order valence-corrected chi connectivity index (χ1v) is 7.33. The number of hydrogen-bond acceptors (Lipinski definition) is 4. The Hall–Kier alpha value is -1.62. The summed E-state index contributed by atoms with van der Waals surface area (Å²) in [5.74, 6) is 0.333. The van der Waals surface area contributed by atoms with Crippen molar-refractivity contribution < 1.29 is 4.79 Å². The SMILES string of the molecule is Cc1cc(N2CCCC3C(=O)NCC32)c(CN)c(C)n1. The highest BCUT2D eigenvalue weighted by molar-refractivity contribution is 5.83. The number of rotatable bonds is 2. The molecule has 0 aromatic carbocycles. The predicted octanol–water partition coefficient (Wildman–Crippen LogP) is 0.872. The molecule has 2 saturated heterocycles.